The van der Waals surface area contributed by atoms with Gasteiger partial charge in [-0.25, -0.2) is 0 Å². The number of aromatic nitrogens is 2. The Kier molecular flexibility index (Phi) is 4.07. The first-order valence-corrected chi connectivity index (χ1v) is 6.64. The van der Waals surface area contributed by atoms with E-state index in [0.29, 0.717) is 5.92 Å². The van der Waals surface area contributed by atoms with Gasteiger partial charge in [0.05, 0.1) is 16.4 Å². The summed E-state index contributed by atoms with van der Waals surface area (Å²) < 4.78 is 1.99. The lowest BCUT2D eigenvalue weighted by Crippen LogP contribution is -2.47. The largest absolute Gasteiger partial charge is 0.396 e. The van der Waals surface area contributed by atoms with Gasteiger partial charge in [0.15, 0.2) is 0 Å². The fraction of sp³-hybridized carbons (Fsp3) is 0.750. The molecule has 1 aliphatic rings. The molecule has 0 aliphatic carbocycles. The summed E-state index contributed by atoms with van der Waals surface area (Å²) in [4.78, 5) is 2.30. The molecule has 96 valence electrons. The minimum absolute atomic E-state index is 0.289. The van der Waals surface area contributed by atoms with Crippen molar-refractivity contribution in [3.05, 3.63) is 16.4 Å². The Morgan fingerprint density at radius 1 is 1.41 bits per heavy atom. The molecule has 0 atom stereocenters. The van der Waals surface area contributed by atoms with Gasteiger partial charge in [-0.15, -0.1) is 0 Å². The van der Waals surface area contributed by atoms with Gasteiger partial charge in [0.25, 0.3) is 0 Å². The third-order valence-electron chi connectivity index (χ3n) is 3.36. The zero-order valence-corrected chi connectivity index (χ0v) is 11.2. The quantitative estimate of drug-likeness (QED) is 0.870. The number of aliphatic hydroxyl groups is 1. The Labute approximate surface area is 107 Å². The summed E-state index contributed by atoms with van der Waals surface area (Å²) in [5, 5.41) is 14.3. The molecule has 0 saturated carbocycles. The van der Waals surface area contributed by atoms with Crippen LogP contribution in [-0.2, 0) is 19.5 Å². The molecule has 0 spiro atoms. The van der Waals surface area contributed by atoms with Gasteiger partial charge in [-0.05, 0) is 13.3 Å². The Bertz CT molecular complexity index is 385. The number of aliphatic hydroxyl groups excluding tert-OH is 1. The highest BCUT2D eigenvalue weighted by Gasteiger charge is 2.27. The fourth-order valence-corrected chi connectivity index (χ4v) is 2.63. The molecule has 1 fully saturated rings. The number of nitrogens with zero attached hydrogens (tertiary/aromatic N) is 3. The van der Waals surface area contributed by atoms with Gasteiger partial charge < -0.3 is 5.11 Å². The van der Waals surface area contributed by atoms with Crippen LogP contribution in [0.3, 0.4) is 0 Å². The smallest absolute Gasteiger partial charge is 0.0863 e. The Balaban J connectivity index is 2.07. The van der Waals surface area contributed by atoms with Crippen LogP contribution in [-0.4, -0.2) is 39.5 Å². The molecule has 2 heterocycles. The predicted octanol–water partition coefficient (Wildman–Crippen LogP) is 1.54. The summed E-state index contributed by atoms with van der Waals surface area (Å²) in [5.74, 6) is 0.442. The summed E-state index contributed by atoms with van der Waals surface area (Å²) in [7, 11) is 0. The maximum Gasteiger partial charge on any atom is 0.0863 e. The monoisotopic (exact) mass is 257 g/mol. The number of hydrogen-bond acceptors (Lipinski definition) is 3. The van der Waals surface area contributed by atoms with E-state index in [0.717, 1.165) is 49.0 Å². The van der Waals surface area contributed by atoms with Gasteiger partial charge in [0, 0.05) is 38.7 Å². The van der Waals surface area contributed by atoms with Crippen molar-refractivity contribution in [1.82, 2.24) is 14.7 Å². The normalized spacial score (nSPS) is 17.4. The van der Waals surface area contributed by atoms with Crippen molar-refractivity contribution in [2.24, 2.45) is 5.92 Å². The van der Waals surface area contributed by atoms with Crippen molar-refractivity contribution in [3.8, 4) is 0 Å². The molecule has 2 rings (SSSR count). The van der Waals surface area contributed by atoms with Crippen LogP contribution in [0.15, 0.2) is 0 Å². The average Bonchev–Trinajstić information content (AvgIpc) is 2.59. The number of halogens is 1. The first kappa shape index (κ1) is 12.9. The molecule has 1 N–H and O–H groups in total. The summed E-state index contributed by atoms with van der Waals surface area (Å²) >= 11 is 6.34. The van der Waals surface area contributed by atoms with Gasteiger partial charge >= 0.3 is 0 Å². The molecule has 0 aromatic carbocycles. The van der Waals surface area contributed by atoms with E-state index in [2.05, 4.69) is 23.8 Å². The van der Waals surface area contributed by atoms with Gasteiger partial charge in [-0.3, -0.25) is 9.58 Å². The van der Waals surface area contributed by atoms with E-state index < -0.39 is 0 Å². The Morgan fingerprint density at radius 3 is 2.65 bits per heavy atom. The second-order valence-electron chi connectivity index (χ2n) is 4.62. The molecular formula is C12H20ClN3O. The SMILES string of the molecule is CCc1nn(CC)c(CN2CC(CO)C2)c1Cl. The van der Waals surface area contributed by atoms with Gasteiger partial charge in [0.1, 0.15) is 0 Å². The topological polar surface area (TPSA) is 41.3 Å². The van der Waals surface area contributed by atoms with E-state index in [-0.39, 0.29) is 6.61 Å². The van der Waals surface area contributed by atoms with Gasteiger partial charge in [0.2, 0.25) is 0 Å². The molecule has 17 heavy (non-hydrogen) atoms. The molecule has 5 heteroatoms. The van der Waals surface area contributed by atoms with E-state index in [1.165, 1.54) is 0 Å². The number of aryl methyl sites for hydroxylation is 2. The lowest BCUT2D eigenvalue weighted by atomic mass is 10.0. The molecule has 1 aromatic rings. The molecule has 4 nitrogen and oxygen atoms in total. The molecule has 1 aromatic heterocycles. The summed E-state index contributed by atoms with van der Waals surface area (Å²) in [5.41, 5.74) is 2.10. The van der Waals surface area contributed by atoms with Crippen LogP contribution in [0.2, 0.25) is 5.02 Å². The standard InChI is InChI=1S/C12H20ClN3O/c1-3-10-12(13)11(16(4-2)14-10)7-15-5-9(6-15)8-17/h9,17H,3-8H2,1-2H3. The second-order valence-corrected chi connectivity index (χ2v) is 5.00. The Hall–Kier alpha value is -0.580. The molecule has 0 radical (unpaired) electrons. The Morgan fingerprint density at radius 2 is 2.12 bits per heavy atom. The molecular weight excluding hydrogens is 238 g/mol. The predicted molar refractivity (Wildman–Crippen MR) is 68.1 cm³/mol. The van der Waals surface area contributed by atoms with E-state index >= 15 is 0 Å². The molecule has 1 aliphatic heterocycles. The number of rotatable bonds is 5. The van der Waals surface area contributed by atoms with Crippen LogP contribution in [0.4, 0.5) is 0 Å². The highest BCUT2D eigenvalue weighted by Crippen LogP contribution is 2.25. The first-order chi connectivity index (χ1) is 8.19. The van der Waals surface area contributed by atoms with Crippen molar-refractivity contribution >= 4 is 11.6 Å². The van der Waals surface area contributed by atoms with Gasteiger partial charge in [-0.2, -0.15) is 5.10 Å². The van der Waals surface area contributed by atoms with Crippen molar-refractivity contribution < 1.29 is 5.11 Å². The molecule has 0 bridgehead atoms. The van der Waals surface area contributed by atoms with Crippen molar-refractivity contribution in [3.63, 3.8) is 0 Å². The van der Waals surface area contributed by atoms with E-state index in [1.807, 2.05) is 4.68 Å². The minimum atomic E-state index is 0.289. The summed E-state index contributed by atoms with van der Waals surface area (Å²) in [6.07, 6.45) is 0.873. The zero-order valence-electron chi connectivity index (χ0n) is 10.5. The van der Waals surface area contributed by atoms with Crippen LogP contribution in [0.1, 0.15) is 25.2 Å². The van der Waals surface area contributed by atoms with E-state index in [1.54, 1.807) is 0 Å². The maximum atomic E-state index is 9.00. The lowest BCUT2D eigenvalue weighted by Gasteiger charge is -2.38. The van der Waals surface area contributed by atoms with Crippen molar-refractivity contribution in [2.45, 2.75) is 33.4 Å². The first-order valence-electron chi connectivity index (χ1n) is 6.26. The molecule has 0 unspecified atom stereocenters. The third kappa shape index (κ3) is 2.49. The van der Waals surface area contributed by atoms with Crippen LogP contribution in [0.25, 0.3) is 0 Å². The fourth-order valence-electron chi connectivity index (χ4n) is 2.30. The summed E-state index contributed by atoms with van der Waals surface area (Å²) in [6.45, 7) is 8.06. The molecule has 1 saturated heterocycles. The van der Waals surface area contributed by atoms with Crippen molar-refractivity contribution in [2.75, 3.05) is 19.7 Å². The number of likely N-dealkylation sites (tertiary alicyclic amines) is 1. The van der Waals surface area contributed by atoms with E-state index in [9.17, 15) is 0 Å². The van der Waals surface area contributed by atoms with Crippen LogP contribution >= 0.6 is 11.6 Å². The lowest BCUT2D eigenvalue weighted by molar-refractivity contribution is 0.0460. The maximum absolute atomic E-state index is 9.00. The summed E-state index contributed by atoms with van der Waals surface area (Å²) in [6, 6.07) is 0. The second kappa shape index (κ2) is 5.38. The van der Waals surface area contributed by atoms with Crippen LogP contribution in [0.5, 0.6) is 0 Å². The zero-order chi connectivity index (χ0) is 12.4. The van der Waals surface area contributed by atoms with Crippen LogP contribution < -0.4 is 0 Å². The molecule has 0 amide bonds. The van der Waals surface area contributed by atoms with Crippen molar-refractivity contribution in [1.29, 1.82) is 0 Å². The third-order valence-corrected chi connectivity index (χ3v) is 3.79. The highest BCUT2D eigenvalue weighted by molar-refractivity contribution is 6.31. The van der Waals surface area contributed by atoms with Gasteiger partial charge in [-0.1, -0.05) is 18.5 Å². The van der Waals surface area contributed by atoms with Crippen LogP contribution in [0, 0.1) is 5.92 Å². The average molecular weight is 258 g/mol. The minimum Gasteiger partial charge on any atom is -0.396 e. The van der Waals surface area contributed by atoms with E-state index in [4.69, 9.17) is 16.7 Å². The highest BCUT2D eigenvalue weighted by atomic mass is 35.5. The number of hydrogen-bond donors (Lipinski definition) is 1.